The highest BCUT2D eigenvalue weighted by molar-refractivity contribution is 5.78. The molecule has 2 aromatic rings. The van der Waals surface area contributed by atoms with Crippen molar-refractivity contribution < 1.29 is 5.21 Å². The van der Waals surface area contributed by atoms with Crippen molar-refractivity contribution in [3.8, 4) is 0 Å². The number of aryl methyl sites for hydroxylation is 1. The second-order valence-electron chi connectivity index (χ2n) is 5.17. The number of unbranched alkanes of at least 4 members (excludes halogenated alkanes) is 3. The van der Waals surface area contributed by atoms with Crippen molar-refractivity contribution in [2.45, 2.75) is 38.5 Å². The highest BCUT2D eigenvalue weighted by Crippen LogP contribution is 2.15. The summed E-state index contributed by atoms with van der Waals surface area (Å²) in [4.78, 5) is 4.48. The number of hydroxylamine groups is 1. The van der Waals surface area contributed by atoms with Crippen LogP contribution >= 0.6 is 0 Å². The largest absolute Gasteiger partial charge is 0.291 e. The van der Waals surface area contributed by atoms with Crippen molar-refractivity contribution >= 4 is 10.9 Å². The van der Waals surface area contributed by atoms with Crippen LogP contribution in [0.3, 0.4) is 0 Å². The Morgan fingerprint density at radius 1 is 1.15 bits per heavy atom. The molecule has 0 aliphatic rings. The maximum absolute atomic E-state index is 8.62. The molecule has 1 aromatic heterocycles. The third-order valence-corrected chi connectivity index (χ3v) is 3.50. The second kappa shape index (κ2) is 7.65. The Bertz CT molecular complexity index is 566. The standard InChI is InChI=1S/C17H22N2O/c1-14(19-20)8-4-2-3-5-9-15-12-16-10-6-7-11-17(16)18-13-15/h6-7,10-13,19-20H,1-5,8-9H2. The van der Waals surface area contributed by atoms with Gasteiger partial charge < -0.3 is 0 Å². The van der Waals surface area contributed by atoms with E-state index in [0.717, 1.165) is 24.8 Å². The zero-order valence-corrected chi connectivity index (χ0v) is 11.8. The molecule has 0 saturated heterocycles. The van der Waals surface area contributed by atoms with Crippen molar-refractivity contribution in [2.24, 2.45) is 0 Å². The molecule has 106 valence electrons. The van der Waals surface area contributed by atoms with E-state index in [0.29, 0.717) is 5.70 Å². The highest BCUT2D eigenvalue weighted by Gasteiger charge is 1.98. The lowest BCUT2D eigenvalue weighted by Gasteiger charge is -2.05. The van der Waals surface area contributed by atoms with Crippen molar-refractivity contribution in [2.75, 3.05) is 0 Å². The van der Waals surface area contributed by atoms with Crippen LogP contribution in [0.15, 0.2) is 48.8 Å². The summed E-state index contributed by atoms with van der Waals surface area (Å²) in [5.74, 6) is 0. The van der Waals surface area contributed by atoms with E-state index in [1.165, 1.54) is 30.2 Å². The quantitative estimate of drug-likeness (QED) is 0.557. The molecule has 0 amide bonds. The van der Waals surface area contributed by atoms with Crippen LogP contribution in [0.5, 0.6) is 0 Å². The van der Waals surface area contributed by atoms with Gasteiger partial charge in [0.2, 0.25) is 0 Å². The van der Waals surface area contributed by atoms with Crippen LogP contribution in [0.25, 0.3) is 10.9 Å². The van der Waals surface area contributed by atoms with E-state index in [9.17, 15) is 0 Å². The Labute approximate surface area is 120 Å². The molecule has 2 rings (SSSR count). The van der Waals surface area contributed by atoms with Gasteiger partial charge in [0.15, 0.2) is 0 Å². The summed E-state index contributed by atoms with van der Waals surface area (Å²) in [6.45, 7) is 3.70. The van der Waals surface area contributed by atoms with Gasteiger partial charge in [0.05, 0.1) is 5.52 Å². The lowest BCUT2D eigenvalue weighted by atomic mass is 10.0. The first-order valence-electron chi connectivity index (χ1n) is 7.21. The smallest absolute Gasteiger partial charge is 0.0702 e. The van der Waals surface area contributed by atoms with E-state index in [1.807, 2.05) is 18.3 Å². The summed E-state index contributed by atoms with van der Waals surface area (Å²) < 4.78 is 0. The van der Waals surface area contributed by atoms with E-state index in [4.69, 9.17) is 5.21 Å². The van der Waals surface area contributed by atoms with Crippen LogP contribution in [-0.4, -0.2) is 10.2 Å². The fraction of sp³-hybridized carbons (Fsp3) is 0.353. The Hall–Kier alpha value is -1.87. The number of rotatable bonds is 8. The summed E-state index contributed by atoms with van der Waals surface area (Å²) in [5.41, 5.74) is 5.17. The topological polar surface area (TPSA) is 45.2 Å². The Morgan fingerprint density at radius 2 is 1.95 bits per heavy atom. The molecule has 0 radical (unpaired) electrons. The van der Waals surface area contributed by atoms with Gasteiger partial charge in [0.1, 0.15) is 0 Å². The number of nitrogens with one attached hydrogen (secondary N) is 1. The van der Waals surface area contributed by atoms with Crippen LogP contribution in [0.2, 0.25) is 0 Å². The number of hydrogen-bond acceptors (Lipinski definition) is 3. The maximum atomic E-state index is 8.62. The lowest BCUT2D eigenvalue weighted by molar-refractivity contribution is 0.196. The zero-order valence-electron chi connectivity index (χ0n) is 11.8. The van der Waals surface area contributed by atoms with Gasteiger partial charge in [-0.2, -0.15) is 0 Å². The molecule has 0 bridgehead atoms. The molecule has 2 N–H and O–H groups in total. The molecule has 0 atom stereocenters. The monoisotopic (exact) mass is 270 g/mol. The molecule has 0 saturated carbocycles. The number of para-hydroxylation sites is 1. The number of benzene rings is 1. The summed E-state index contributed by atoms with van der Waals surface area (Å²) in [6, 6.07) is 10.5. The number of allylic oxidation sites excluding steroid dienone is 1. The van der Waals surface area contributed by atoms with E-state index >= 15 is 0 Å². The molecule has 1 aromatic carbocycles. The average Bonchev–Trinajstić information content (AvgIpc) is 2.50. The van der Waals surface area contributed by atoms with Crippen molar-refractivity contribution in [3.05, 3.63) is 54.4 Å². The first-order chi connectivity index (χ1) is 9.79. The number of pyridine rings is 1. The van der Waals surface area contributed by atoms with Gasteiger partial charge in [-0.15, -0.1) is 0 Å². The van der Waals surface area contributed by atoms with Crippen LogP contribution in [0.4, 0.5) is 0 Å². The van der Waals surface area contributed by atoms with Crippen LogP contribution < -0.4 is 5.48 Å². The first-order valence-corrected chi connectivity index (χ1v) is 7.21. The molecule has 3 heteroatoms. The Kier molecular flexibility index (Phi) is 5.56. The number of fused-ring (bicyclic) bond motifs is 1. The van der Waals surface area contributed by atoms with Crippen LogP contribution in [0, 0.1) is 0 Å². The number of aromatic nitrogens is 1. The maximum Gasteiger partial charge on any atom is 0.0702 e. The molecule has 20 heavy (non-hydrogen) atoms. The summed E-state index contributed by atoms with van der Waals surface area (Å²) in [5, 5.41) is 9.83. The number of nitrogens with zero attached hydrogens (tertiary/aromatic N) is 1. The Balaban J connectivity index is 1.72. The van der Waals surface area contributed by atoms with Gasteiger partial charge in [0.25, 0.3) is 0 Å². The van der Waals surface area contributed by atoms with Gasteiger partial charge in [-0.25, -0.2) is 0 Å². The van der Waals surface area contributed by atoms with E-state index in [-0.39, 0.29) is 0 Å². The minimum absolute atomic E-state index is 0.698. The molecule has 0 aliphatic carbocycles. The molecule has 0 unspecified atom stereocenters. The molecular formula is C17H22N2O. The molecule has 0 fully saturated rings. The van der Waals surface area contributed by atoms with Gasteiger partial charge >= 0.3 is 0 Å². The summed E-state index contributed by atoms with van der Waals surface area (Å²) >= 11 is 0. The van der Waals surface area contributed by atoms with Gasteiger partial charge in [-0.1, -0.05) is 37.6 Å². The third kappa shape index (κ3) is 4.35. The molecule has 0 spiro atoms. The van der Waals surface area contributed by atoms with E-state index in [2.05, 4.69) is 35.2 Å². The minimum Gasteiger partial charge on any atom is -0.291 e. The molecule has 0 aliphatic heterocycles. The summed E-state index contributed by atoms with van der Waals surface area (Å²) in [6.07, 6.45) is 8.53. The highest BCUT2D eigenvalue weighted by atomic mass is 16.5. The molecular weight excluding hydrogens is 248 g/mol. The van der Waals surface area contributed by atoms with Crippen LogP contribution in [-0.2, 0) is 6.42 Å². The van der Waals surface area contributed by atoms with Crippen molar-refractivity contribution in [1.82, 2.24) is 10.5 Å². The van der Waals surface area contributed by atoms with Crippen LogP contribution in [0.1, 0.15) is 37.7 Å². The average molecular weight is 270 g/mol. The van der Waals surface area contributed by atoms with E-state index < -0.39 is 0 Å². The zero-order chi connectivity index (χ0) is 14.2. The normalized spacial score (nSPS) is 10.7. The van der Waals surface area contributed by atoms with Gasteiger partial charge in [-0.05, 0) is 43.4 Å². The molecule has 3 nitrogen and oxygen atoms in total. The number of hydrogen-bond donors (Lipinski definition) is 2. The molecule has 1 heterocycles. The third-order valence-electron chi connectivity index (χ3n) is 3.50. The SMILES string of the molecule is C=C(CCCCCCc1cnc2ccccc2c1)NO. The first kappa shape index (κ1) is 14.5. The summed E-state index contributed by atoms with van der Waals surface area (Å²) in [7, 11) is 0. The van der Waals surface area contributed by atoms with E-state index in [1.54, 1.807) is 0 Å². The predicted octanol–water partition coefficient (Wildman–Crippen LogP) is 4.22. The fourth-order valence-corrected chi connectivity index (χ4v) is 2.33. The second-order valence-corrected chi connectivity index (χ2v) is 5.17. The lowest BCUT2D eigenvalue weighted by Crippen LogP contribution is -2.04. The van der Waals surface area contributed by atoms with Crippen molar-refractivity contribution in [1.29, 1.82) is 0 Å². The minimum atomic E-state index is 0.698. The Morgan fingerprint density at radius 3 is 2.80 bits per heavy atom. The fourth-order valence-electron chi connectivity index (χ4n) is 2.33. The van der Waals surface area contributed by atoms with Gasteiger partial charge in [0, 0.05) is 17.3 Å². The van der Waals surface area contributed by atoms with Crippen molar-refractivity contribution in [3.63, 3.8) is 0 Å². The van der Waals surface area contributed by atoms with Gasteiger partial charge in [-0.3, -0.25) is 15.7 Å². The predicted molar refractivity (Wildman–Crippen MR) is 82.6 cm³/mol.